The van der Waals surface area contributed by atoms with E-state index in [1.807, 2.05) is 7.05 Å². The summed E-state index contributed by atoms with van der Waals surface area (Å²) in [5, 5.41) is 23.4. The van der Waals surface area contributed by atoms with Crippen molar-refractivity contribution in [2.75, 3.05) is 20.1 Å². The van der Waals surface area contributed by atoms with Crippen molar-refractivity contribution < 1.29 is 24.9 Å². The molecule has 0 radical (unpaired) electrons. The monoisotopic (exact) mass is 177 g/mol. The third-order valence-corrected chi connectivity index (χ3v) is 1.23. The van der Waals surface area contributed by atoms with Crippen molar-refractivity contribution in [3.8, 4) is 0 Å². The molecule has 3 N–H and O–H groups in total. The van der Waals surface area contributed by atoms with E-state index < -0.39 is 11.9 Å². The van der Waals surface area contributed by atoms with Crippen LogP contribution in [0.2, 0.25) is 0 Å². The highest BCUT2D eigenvalue weighted by atomic mass is 16.4. The number of aliphatic hydroxyl groups excluding tert-OH is 1. The summed E-state index contributed by atoms with van der Waals surface area (Å²) < 4.78 is 0. The van der Waals surface area contributed by atoms with Gasteiger partial charge in [0.15, 0.2) is 0 Å². The molecule has 70 valence electrons. The number of carboxylic acids is 2. The predicted molar refractivity (Wildman–Crippen MR) is 38.8 cm³/mol. The Morgan fingerprint density at radius 3 is 1.58 bits per heavy atom. The van der Waals surface area contributed by atoms with E-state index in [-0.39, 0.29) is 6.10 Å². The van der Waals surface area contributed by atoms with Gasteiger partial charge in [0, 0.05) is 13.1 Å². The first kappa shape index (κ1) is 10.9. The number of aliphatic carboxylic acids is 2. The van der Waals surface area contributed by atoms with Gasteiger partial charge in [-0.15, -0.1) is 0 Å². The maximum absolute atomic E-state index is 9.10. The summed E-state index contributed by atoms with van der Waals surface area (Å²) in [4.78, 5) is 20.3. The standard InChI is InChI=1S/C4H9NO.C2H2O4/c1-5-2-4(6)3-5;3-1(4)2(5)6/h4,6H,2-3H2,1H3;(H,3,4)(H,5,6). The number of rotatable bonds is 0. The fraction of sp³-hybridized carbons (Fsp3) is 0.667. The maximum atomic E-state index is 9.10. The minimum Gasteiger partial charge on any atom is -0.473 e. The minimum atomic E-state index is -1.82. The first-order valence-corrected chi connectivity index (χ1v) is 3.26. The number of hydrogen-bond acceptors (Lipinski definition) is 4. The summed E-state index contributed by atoms with van der Waals surface area (Å²) in [6.45, 7) is 1.72. The largest absolute Gasteiger partial charge is 0.473 e. The topological polar surface area (TPSA) is 98.1 Å². The van der Waals surface area contributed by atoms with E-state index in [1.165, 1.54) is 0 Å². The second-order valence-electron chi connectivity index (χ2n) is 2.49. The molecular weight excluding hydrogens is 166 g/mol. The van der Waals surface area contributed by atoms with Crippen LogP contribution >= 0.6 is 0 Å². The van der Waals surface area contributed by atoms with E-state index in [0.29, 0.717) is 0 Å². The van der Waals surface area contributed by atoms with Gasteiger partial charge in [-0.3, -0.25) is 0 Å². The molecule has 1 aliphatic heterocycles. The number of aliphatic hydroxyl groups is 1. The normalized spacial score (nSPS) is 17.2. The number of carboxylic acid groups (broad SMARTS) is 2. The van der Waals surface area contributed by atoms with Gasteiger partial charge in [0.1, 0.15) is 0 Å². The third-order valence-electron chi connectivity index (χ3n) is 1.23. The van der Waals surface area contributed by atoms with Crippen molar-refractivity contribution in [3.05, 3.63) is 0 Å². The summed E-state index contributed by atoms with van der Waals surface area (Å²) >= 11 is 0. The van der Waals surface area contributed by atoms with Gasteiger partial charge in [0.2, 0.25) is 0 Å². The molecule has 1 fully saturated rings. The van der Waals surface area contributed by atoms with Crippen molar-refractivity contribution >= 4 is 11.9 Å². The van der Waals surface area contributed by atoms with E-state index >= 15 is 0 Å². The summed E-state index contributed by atoms with van der Waals surface area (Å²) in [5.41, 5.74) is 0. The van der Waals surface area contributed by atoms with E-state index in [0.717, 1.165) is 13.1 Å². The van der Waals surface area contributed by atoms with Crippen LogP contribution < -0.4 is 0 Å². The Labute approximate surface area is 69.0 Å². The minimum absolute atomic E-state index is 0.0324. The molecule has 0 aliphatic carbocycles. The van der Waals surface area contributed by atoms with E-state index in [4.69, 9.17) is 24.9 Å². The smallest absolute Gasteiger partial charge is 0.414 e. The van der Waals surface area contributed by atoms with Crippen LogP contribution in [0.1, 0.15) is 0 Å². The lowest BCUT2D eigenvalue weighted by Crippen LogP contribution is -2.47. The molecule has 0 spiro atoms. The number of nitrogens with zero attached hydrogens (tertiary/aromatic N) is 1. The fourth-order valence-corrected chi connectivity index (χ4v) is 0.666. The van der Waals surface area contributed by atoms with Gasteiger partial charge in [-0.2, -0.15) is 0 Å². The fourth-order valence-electron chi connectivity index (χ4n) is 0.666. The van der Waals surface area contributed by atoms with Crippen LogP contribution in [0.5, 0.6) is 0 Å². The highest BCUT2D eigenvalue weighted by Crippen LogP contribution is 2.00. The van der Waals surface area contributed by atoms with Crippen LogP contribution in [-0.2, 0) is 9.59 Å². The molecule has 1 aliphatic rings. The second kappa shape index (κ2) is 4.68. The third kappa shape index (κ3) is 4.64. The first-order valence-electron chi connectivity index (χ1n) is 3.26. The average molecular weight is 177 g/mol. The Bertz CT molecular complexity index is 157. The van der Waals surface area contributed by atoms with Crippen molar-refractivity contribution in [3.63, 3.8) is 0 Å². The highest BCUT2D eigenvalue weighted by molar-refractivity contribution is 6.27. The lowest BCUT2D eigenvalue weighted by atomic mass is 10.2. The van der Waals surface area contributed by atoms with Crippen molar-refractivity contribution in [2.45, 2.75) is 6.10 Å². The van der Waals surface area contributed by atoms with E-state index in [1.54, 1.807) is 0 Å². The molecule has 6 heteroatoms. The zero-order valence-electron chi connectivity index (χ0n) is 6.60. The van der Waals surface area contributed by atoms with Gasteiger partial charge in [0.05, 0.1) is 6.10 Å². The number of likely N-dealkylation sites (N-methyl/N-ethyl adjacent to an activating group) is 1. The van der Waals surface area contributed by atoms with Gasteiger partial charge in [-0.05, 0) is 7.05 Å². The molecule has 12 heavy (non-hydrogen) atoms. The molecule has 0 atom stereocenters. The molecule has 1 heterocycles. The van der Waals surface area contributed by atoms with Crippen molar-refractivity contribution in [1.82, 2.24) is 4.90 Å². The van der Waals surface area contributed by atoms with Gasteiger partial charge in [0.25, 0.3) is 0 Å². The van der Waals surface area contributed by atoms with Crippen LogP contribution in [-0.4, -0.2) is 58.4 Å². The van der Waals surface area contributed by atoms with Gasteiger partial charge < -0.3 is 20.2 Å². The van der Waals surface area contributed by atoms with Gasteiger partial charge in [-0.1, -0.05) is 0 Å². The molecule has 1 saturated heterocycles. The van der Waals surface area contributed by atoms with Crippen molar-refractivity contribution in [1.29, 1.82) is 0 Å². The number of carbonyl (C=O) groups is 2. The van der Waals surface area contributed by atoms with Crippen LogP contribution in [0.25, 0.3) is 0 Å². The highest BCUT2D eigenvalue weighted by Gasteiger charge is 2.18. The number of hydrogen-bond donors (Lipinski definition) is 3. The molecule has 0 amide bonds. The maximum Gasteiger partial charge on any atom is 0.414 e. The molecular formula is C6H11NO5. The average Bonchev–Trinajstić information content (AvgIpc) is 1.86. The lowest BCUT2D eigenvalue weighted by molar-refractivity contribution is -0.159. The molecule has 6 nitrogen and oxygen atoms in total. The Morgan fingerprint density at radius 1 is 1.25 bits per heavy atom. The summed E-state index contributed by atoms with van der Waals surface area (Å²) in [6.07, 6.45) is -0.0324. The van der Waals surface area contributed by atoms with Crippen LogP contribution in [0.15, 0.2) is 0 Å². The molecule has 0 aromatic carbocycles. The molecule has 0 aromatic rings. The summed E-state index contributed by atoms with van der Waals surface area (Å²) in [5.74, 6) is -3.65. The molecule has 0 aromatic heterocycles. The molecule has 1 rings (SSSR count). The Morgan fingerprint density at radius 2 is 1.58 bits per heavy atom. The second-order valence-corrected chi connectivity index (χ2v) is 2.49. The molecule has 0 bridgehead atoms. The SMILES string of the molecule is CN1CC(O)C1.O=C(O)C(=O)O. The number of β-amino-alcohol motifs (C(OH)–C–C–N with tert-alkyl or cyclic N) is 1. The predicted octanol–water partition coefficient (Wildman–Crippen LogP) is -1.55. The Kier molecular flexibility index (Phi) is 4.24. The van der Waals surface area contributed by atoms with Crippen LogP contribution in [0.4, 0.5) is 0 Å². The molecule has 0 unspecified atom stereocenters. The molecule has 0 saturated carbocycles. The van der Waals surface area contributed by atoms with Gasteiger partial charge >= 0.3 is 11.9 Å². The quantitative estimate of drug-likeness (QED) is 0.387. The van der Waals surface area contributed by atoms with E-state index in [9.17, 15) is 0 Å². The van der Waals surface area contributed by atoms with Gasteiger partial charge in [-0.25, -0.2) is 9.59 Å². The van der Waals surface area contributed by atoms with Crippen molar-refractivity contribution in [2.24, 2.45) is 0 Å². The summed E-state index contributed by atoms with van der Waals surface area (Å²) in [7, 11) is 1.99. The zero-order valence-corrected chi connectivity index (χ0v) is 6.60. The van der Waals surface area contributed by atoms with E-state index in [2.05, 4.69) is 4.90 Å². The van der Waals surface area contributed by atoms with Crippen LogP contribution in [0.3, 0.4) is 0 Å². The summed E-state index contributed by atoms with van der Waals surface area (Å²) in [6, 6.07) is 0. The lowest BCUT2D eigenvalue weighted by Gasteiger charge is -2.31. The Balaban J connectivity index is 0.000000202. The Hall–Kier alpha value is -1.14. The number of likely N-dealkylation sites (tertiary alicyclic amines) is 1. The zero-order chi connectivity index (χ0) is 9.72. The first-order chi connectivity index (χ1) is 5.43. The van der Waals surface area contributed by atoms with Crippen LogP contribution in [0, 0.1) is 0 Å².